The lowest BCUT2D eigenvalue weighted by Crippen LogP contribution is -2.35. The summed E-state index contributed by atoms with van der Waals surface area (Å²) in [6.45, 7) is 6.28. The number of nitrogens with two attached hydrogens (primary N) is 1. The van der Waals surface area contributed by atoms with Crippen molar-refractivity contribution in [3.8, 4) is 0 Å². The van der Waals surface area contributed by atoms with Gasteiger partial charge in [-0.15, -0.1) is 0 Å². The number of benzene rings is 1. The molecule has 0 spiro atoms. The second-order valence-corrected chi connectivity index (χ2v) is 5.47. The van der Waals surface area contributed by atoms with E-state index in [1.54, 1.807) is 0 Å². The monoisotopic (exact) mass is 254 g/mol. The maximum Gasteiger partial charge on any atom is 0.0436 e. The highest BCUT2D eigenvalue weighted by molar-refractivity contribution is 5.29. The minimum atomic E-state index is -0.381. The van der Waals surface area contributed by atoms with Crippen molar-refractivity contribution in [3.63, 3.8) is 0 Å². The Labute approximate surface area is 115 Å². The summed E-state index contributed by atoms with van der Waals surface area (Å²) in [5.74, 6) is 0. The lowest BCUT2D eigenvalue weighted by molar-refractivity contribution is 0.485. The van der Waals surface area contributed by atoms with E-state index in [1.165, 1.54) is 11.1 Å². The summed E-state index contributed by atoms with van der Waals surface area (Å²) in [4.78, 5) is 4.50. The Hall–Kier alpha value is -1.67. The number of rotatable bonds is 4. The van der Waals surface area contributed by atoms with E-state index in [4.69, 9.17) is 5.73 Å². The van der Waals surface area contributed by atoms with Gasteiger partial charge in [0.15, 0.2) is 0 Å². The van der Waals surface area contributed by atoms with Gasteiger partial charge in [0.1, 0.15) is 0 Å². The predicted molar refractivity (Wildman–Crippen MR) is 80.0 cm³/mol. The SMILES string of the molecule is CCc1ccc(CC(C)(N)c2ccc(C)cc2)nc1. The molecule has 100 valence electrons. The highest BCUT2D eigenvalue weighted by Crippen LogP contribution is 2.22. The molecule has 0 amide bonds. The van der Waals surface area contributed by atoms with Crippen LogP contribution in [0.15, 0.2) is 42.6 Å². The van der Waals surface area contributed by atoms with E-state index in [9.17, 15) is 0 Å². The standard InChI is InChI=1S/C17H22N2/c1-4-14-7-10-16(19-12-14)11-17(3,18)15-8-5-13(2)6-9-15/h5-10,12H,4,11,18H2,1-3H3. The van der Waals surface area contributed by atoms with Crippen molar-refractivity contribution in [3.05, 3.63) is 65.0 Å². The van der Waals surface area contributed by atoms with Crippen LogP contribution in [0.1, 0.15) is 36.2 Å². The normalized spacial score (nSPS) is 14.1. The van der Waals surface area contributed by atoms with Gasteiger partial charge in [-0.05, 0) is 37.5 Å². The molecule has 0 aliphatic rings. The first-order valence-electron chi connectivity index (χ1n) is 6.81. The summed E-state index contributed by atoms with van der Waals surface area (Å²) < 4.78 is 0. The van der Waals surface area contributed by atoms with Crippen molar-refractivity contribution < 1.29 is 0 Å². The Morgan fingerprint density at radius 1 is 1.11 bits per heavy atom. The van der Waals surface area contributed by atoms with E-state index < -0.39 is 0 Å². The third kappa shape index (κ3) is 3.42. The average Bonchev–Trinajstić information content (AvgIpc) is 2.40. The van der Waals surface area contributed by atoms with Gasteiger partial charge in [-0.1, -0.05) is 42.8 Å². The van der Waals surface area contributed by atoms with Gasteiger partial charge >= 0.3 is 0 Å². The molecular weight excluding hydrogens is 232 g/mol. The lowest BCUT2D eigenvalue weighted by atomic mass is 9.88. The third-order valence-electron chi connectivity index (χ3n) is 3.55. The summed E-state index contributed by atoms with van der Waals surface area (Å²) >= 11 is 0. The Kier molecular flexibility index (Phi) is 4.01. The molecule has 0 bridgehead atoms. The minimum absolute atomic E-state index is 0.381. The van der Waals surface area contributed by atoms with Crippen LogP contribution in [0.4, 0.5) is 0 Å². The van der Waals surface area contributed by atoms with E-state index in [2.05, 4.69) is 62.2 Å². The molecule has 2 nitrogen and oxygen atoms in total. The van der Waals surface area contributed by atoms with Gasteiger partial charge in [-0.2, -0.15) is 0 Å². The molecule has 0 aliphatic heterocycles. The first kappa shape index (κ1) is 13.8. The van der Waals surface area contributed by atoms with Crippen LogP contribution in [0.3, 0.4) is 0 Å². The molecule has 19 heavy (non-hydrogen) atoms. The summed E-state index contributed by atoms with van der Waals surface area (Å²) in [5, 5.41) is 0. The van der Waals surface area contributed by atoms with Gasteiger partial charge in [0.2, 0.25) is 0 Å². The number of pyridine rings is 1. The zero-order chi connectivity index (χ0) is 13.9. The molecule has 0 fully saturated rings. The van der Waals surface area contributed by atoms with Gasteiger partial charge in [0.25, 0.3) is 0 Å². The van der Waals surface area contributed by atoms with Gasteiger partial charge < -0.3 is 5.73 Å². The molecule has 1 unspecified atom stereocenters. The average molecular weight is 254 g/mol. The maximum absolute atomic E-state index is 6.45. The fourth-order valence-electron chi connectivity index (χ4n) is 2.18. The summed E-state index contributed by atoms with van der Waals surface area (Å²) in [6.07, 6.45) is 3.71. The minimum Gasteiger partial charge on any atom is -0.321 e. The van der Waals surface area contributed by atoms with Crippen LogP contribution in [0.25, 0.3) is 0 Å². The van der Waals surface area contributed by atoms with Crippen molar-refractivity contribution in [2.75, 3.05) is 0 Å². The van der Waals surface area contributed by atoms with Crippen molar-refractivity contribution >= 4 is 0 Å². The zero-order valence-corrected chi connectivity index (χ0v) is 12.0. The number of nitrogens with zero attached hydrogens (tertiary/aromatic N) is 1. The Morgan fingerprint density at radius 3 is 2.32 bits per heavy atom. The van der Waals surface area contributed by atoms with E-state index >= 15 is 0 Å². The smallest absolute Gasteiger partial charge is 0.0436 e. The van der Waals surface area contributed by atoms with Crippen LogP contribution in [0.5, 0.6) is 0 Å². The predicted octanol–water partition coefficient (Wildman–Crippen LogP) is 3.37. The summed E-state index contributed by atoms with van der Waals surface area (Å²) in [7, 11) is 0. The van der Waals surface area contributed by atoms with E-state index in [1.807, 2.05) is 6.20 Å². The Morgan fingerprint density at radius 2 is 1.79 bits per heavy atom. The lowest BCUT2D eigenvalue weighted by Gasteiger charge is -2.25. The molecule has 1 heterocycles. The molecular formula is C17H22N2. The molecule has 0 aliphatic carbocycles. The number of aryl methyl sites for hydroxylation is 2. The van der Waals surface area contributed by atoms with Crippen LogP contribution < -0.4 is 5.73 Å². The van der Waals surface area contributed by atoms with Crippen molar-refractivity contribution in [2.24, 2.45) is 5.73 Å². The molecule has 1 atom stereocenters. The molecule has 0 saturated carbocycles. The third-order valence-corrected chi connectivity index (χ3v) is 3.55. The van der Waals surface area contributed by atoms with Gasteiger partial charge in [0.05, 0.1) is 0 Å². The summed E-state index contributed by atoms with van der Waals surface area (Å²) in [6, 6.07) is 12.6. The number of aromatic nitrogens is 1. The van der Waals surface area contributed by atoms with Crippen LogP contribution in [0.2, 0.25) is 0 Å². The zero-order valence-electron chi connectivity index (χ0n) is 12.0. The highest BCUT2D eigenvalue weighted by Gasteiger charge is 2.22. The number of hydrogen-bond acceptors (Lipinski definition) is 2. The first-order valence-corrected chi connectivity index (χ1v) is 6.81. The second-order valence-electron chi connectivity index (χ2n) is 5.47. The first-order chi connectivity index (χ1) is 9.01. The fraction of sp³-hybridized carbons (Fsp3) is 0.353. The topological polar surface area (TPSA) is 38.9 Å². The fourth-order valence-corrected chi connectivity index (χ4v) is 2.18. The van der Waals surface area contributed by atoms with Gasteiger partial charge in [-0.25, -0.2) is 0 Å². The Bertz CT molecular complexity index is 524. The quantitative estimate of drug-likeness (QED) is 0.908. The largest absolute Gasteiger partial charge is 0.321 e. The van der Waals surface area contributed by atoms with E-state index in [-0.39, 0.29) is 5.54 Å². The van der Waals surface area contributed by atoms with E-state index in [0.717, 1.165) is 24.1 Å². The van der Waals surface area contributed by atoms with Crippen LogP contribution in [0, 0.1) is 6.92 Å². The van der Waals surface area contributed by atoms with Crippen LogP contribution in [-0.2, 0) is 18.4 Å². The van der Waals surface area contributed by atoms with E-state index in [0.29, 0.717) is 0 Å². The van der Waals surface area contributed by atoms with Gasteiger partial charge in [-0.3, -0.25) is 4.98 Å². The van der Waals surface area contributed by atoms with Crippen LogP contribution >= 0.6 is 0 Å². The molecule has 2 heteroatoms. The second kappa shape index (κ2) is 5.54. The molecule has 2 N–H and O–H groups in total. The maximum atomic E-state index is 6.45. The highest BCUT2D eigenvalue weighted by atomic mass is 14.8. The van der Waals surface area contributed by atoms with Crippen molar-refractivity contribution in [2.45, 2.75) is 39.2 Å². The summed E-state index contributed by atoms with van der Waals surface area (Å²) in [5.41, 5.74) is 10.8. The molecule has 0 radical (unpaired) electrons. The number of hydrogen-bond donors (Lipinski definition) is 1. The van der Waals surface area contributed by atoms with Crippen molar-refractivity contribution in [1.29, 1.82) is 0 Å². The molecule has 2 rings (SSSR count). The van der Waals surface area contributed by atoms with Gasteiger partial charge in [0, 0.05) is 23.9 Å². The Balaban J connectivity index is 2.17. The molecule has 2 aromatic rings. The van der Waals surface area contributed by atoms with Crippen molar-refractivity contribution in [1.82, 2.24) is 4.98 Å². The van der Waals surface area contributed by atoms with Crippen LogP contribution in [-0.4, -0.2) is 4.98 Å². The molecule has 1 aromatic carbocycles. The molecule has 1 aromatic heterocycles. The molecule has 0 saturated heterocycles.